The minimum atomic E-state index is -1.26. The van der Waals surface area contributed by atoms with Crippen LogP contribution in [0, 0.1) is 5.92 Å². The number of carbonyl (C=O) groups is 4. The van der Waals surface area contributed by atoms with E-state index in [9.17, 15) is 24.3 Å². The molecule has 3 rings (SSSR count). The number of nitrogens with one attached hydrogen (secondary N) is 2. The van der Waals surface area contributed by atoms with Gasteiger partial charge in [0.05, 0.1) is 18.4 Å². The van der Waals surface area contributed by atoms with Crippen LogP contribution in [0.3, 0.4) is 0 Å². The molecule has 1 aliphatic heterocycles. The first-order valence-electron chi connectivity index (χ1n) is 10.2. The third-order valence-electron chi connectivity index (χ3n) is 5.03. The molecule has 2 aromatic carbocycles. The minimum Gasteiger partial charge on any atom is -0.484 e. The van der Waals surface area contributed by atoms with Crippen molar-refractivity contribution in [3.8, 4) is 5.75 Å². The molecule has 11 heteroatoms. The highest BCUT2D eigenvalue weighted by Gasteiger charge is 2.49. The molecule has 3 N–H and O–H groups in total. The Hall–Kier alpha value is -3.31. The molecule has 0 aliphatic carbocycles. The standard InChI is InChI=1S/C23H21BrN2O7S/c24-14-8-6-13(7-9-14)11-33-23(34)21(30)16(10-18(28)29)19-20(22(31)26-19)25-17(27)12-32-15-4-2-1-3-5-15/h1-9,16,19-20H,10-12H2,(H,25,27)(H,26,31)(H,28,29)/t16?,19-,20-/m1/s1. The maximum atomic E-state index is 12.9. The second-order valence-corrected chi connectivity index (χ2v) is 8.74. The Morgan fingerprint density at radius 3 is 2.41 bits per heavy atom. The molecule has 0 spiro atoms. The Labute approximate surface area is 208 Å². The van der Waals surface area contributed by atoms with Crippen molar-refractivity contribution < 1.29 is 33.8 Å². The van der Waals surface area contributed by atoms with Crippen LogP contribution in [0.25, 0.3) is 0 Å². The average Bonchev–Trinajstić information content (AvgIpc) is 2.82. The molecule has 0 bridgehead atoms. The zero-order valence-electron chi connectivity index (χ0n) is 17.7. The topological polar surface area (TPSA) is 131 Å². The molecule has 3 atom stereocenters. The molecule has 1 unspecified atom stereocenters. The number of carboxylic acids is 1. The third kappa shape index (κ3) is 6.84. The highest BCUT2D eigenvalue weighted by Crippen LogP contribution is 2.22. The number of amides is 2. The maximum Gasteiger partial charge on any atom is 0.304 e. The van der Waals surface area contributed by atoms with Gasteiger partial charge in [0.25, 0.3) is 5.91 Å². The van der Waals surface area contributed by atoms with Gasteiger partial charge < -0.3 is 25.2 Å². The molecule has 0 radical (unpaired) electrons. The molecule has 1 fully saturated rings. The summed E-state index contributed by atoms with van der Waals surface area (Å²) in [6, 6.07) is 13.7. The van der Waals surface area contributed by atoms with Gasteiger partial charge >= 0.3 is 5.97 Å². The van der Waals surface area contributed by atoms with Crippen LogP contribution < -0.4 is 15.4 Å². The van der Waals surface area contributed by atoms with Crippen LogP contribution in [-0.2, 0) is 30.5 Å². The minimum absolute atomic E-state index is 0.0195. The van der Waals surface area contributed by atoms with Crippen molar-refractivity contribution in [3.63, 3.8) is 0 Å². The molecule has 178 valence electrons. The number of carbonyl (C=O) groups excluding carboxylic acids is 3. The van der Waals surface area contributed by atoms with Crippen molar-refractivity contribution in [1.29, 1.82) is 0 Å². The molecular weight excluding hydrogens is 528 g/mol. The lowest BCUT2D eigenvalue weighted by atomic mass is 9.81. The molecular formula is C23H21BrN2O7S. The van der Waals surface area contributed by atoms with Crippen molar-refractivity contribution in [3.05, 3.63) is 64.6 Å². The lowest BCUT2D eigenvalue weighted by molar-refractivity contribution is -0.145. The van der Waals surface area contributed by atoms with E-state index in [1.54, 1.807) is 54.6 Å². The summed E-state index contributed by atoms with van der Waals surface area (Å²) < 4.78 is 11.6. The van der Waals surface area contributed by atoms with E-state index in [1.165, 1.54) is 0 Å². The van der Waals surface area contributed by atoms with E-state index in [0.29, 0.717) is 5.75 Å². The number of rotatable bonds is 11. The van der Waals surface area contributed by atoms with Crippen molar-refractivity contribution in [2.75, 3.05) is 6.61 Å². The number of para-hydroxylation sites is 1. The Morgan fingerprint density at radius 2 is 1.79 bits per heavy atom. The number of thiocarbonyl (C=S) groups is 1. The zero-order valence-corrected chi connectivity index (χ0v) is 20.1. The molecule has 1 aliphatic rings. The number of carboxylic acid groups (broad SMARTS) is 1. The van der Waals surface area contributed by atoms with Gasteiger partial charge in [0.2, 0.25) is 16.7 Å². The van der Waals surface area contributed by atoms with Gasteiger partial charge in [-0.15, -0.1) is 0 Å². The first-order valence-corrected chi connectivity index (χ1v) is 11.4. The zero-order chi connectivity index (χ0) is 24.7. The van der Waals surface area contributed by atoms with E-state index in [2.05, 4.69) is 26.6 Å². The smallest absolute Gasteiger partial charge is 0.304 e. The number of ether oxygens (including phenoxy) is 2. The molecule has 9 nitrogen and oxygen atoms in total. The fourth-order valence-corrected chi connectivity index (χ4v) is 3.77. The lowest BCUT2D eigenvalue weighted by Gasteiger charge is -2.40. The number of benzene rings is 2. The first-order chi connectivity index (χ1) is 16.2. The van der Waals surface area contributed by atoms with E-state index in [0.717, 1.165) is 10.0 Å². The Balaban J connectivity index is 1.60. The highest BCUT2D eigenvalue weighted by molar-refractivity contribution is 9.10. The van der Waals surface area contributed by atoms with Crippen LogP contribution in [0.5, 0.6) is 5.75 Å². The number of ketones is 1. The molecule has 34 heavy (non-hydrogen) atoms. The summed E-state index contributed by atoms with van der Waals surface area (Å²) in [6.45, 7) is -0.335. The summed E-state index contributed by atoms with van der Waals surface area (Å²) in [5, 5.41) is 13.9. The van der Waals surface area contributed by atoms with Crippen molar-refractivity contribution in [2.24, 2.45) is 5.92 Å². The quantitative estimate of drug-likeness (QED) is 0.287. The summed E-state index contributed by atoms with van der Waals surface area (Å²) >= 11 is 8.40. The van der Waals surface area contributed by atoms with Crippen molar-refractivity contribution in [2.45, 2.75) is 25.1 Å². The molecule has 2 amide bonds. The summed E-state index contributed by atoms with van der Waals surface area (Å²) in [4.78, 5) is 48.7. The SMILES string of the molecule is O=C(O)CC(C(=O)C(=S)OCc1ccc(Br)cc1)[C@H]1NC(=O)[C@@H]1NC(=O)COc1ccccc1. The third-order valence-corrected chi connectivity index (χ3v) is 5.88. The van der Waals surface area contributed by atoms with E-state index < -0.39 is 53.0 Å². The number of hydrogen-bond donors (Lipinski definition) is 3. The predicted molar refractivity (Wildman–Crippen MR) is 128 cm³/mol. The average molecular weight is 549 g/mol. The number of hydrogen-bond acceptors (Lipinski definition) is 7. The number of aliphatic carboxylic acids is 1. The number of Topliss-reactive ketones (excluding diaryl/α,β-unsaturated/α-hetero) is 1. The fraction of sp³-hybridized carbons (Fsp3) is 0.261. The Kier molecular flexibility index (Phi) is 8.72. The Bertz CT molecular complexity index is 1080. The lowest BCUT2D eigenvalue weighted by Crippen LogP contribution is -2.73. The summed E-state index contributed by atoms with van der Waals surface area (Å²) in [5.41, 5.74) is 0.758. The van der Waals surface area contributed by atoms with Crippen LogP contribution in [0.4, 0.5) is 0 Å². The first kappa shape index (κ1) is 25.3. The highest BCUT2D eigenvalue weighted by atomic mass is 79.9. The van der Waals surface area contributed by atoms with Crippen LogP contribution in [0.1, 0.15) is 12.0 Å². The normalized spacial score (nSPS) is 17.5. The molecule has 1 saturated heterocycles. The summed E-state index contributed by atoms with van der Waals surface area (Å²) in [6.07, 6.45) is -0.599. The summed E-state index contributed by atoms with van der Waals surface area (Å²) in [5.74, 6) is -3.87. The second-order valence-electron chi connectivity index (χ2n) is 7.45. The van der Waals surface area contributed by atoms with Crippen LogP contribution >= 0.6 is 28.1 Å². The predicted octanol–water partition coefficient (Wildman–Crippen LogP) is 2.02. The fourth-order valence-electron chi connectivity index (χ4n) is 3.30. The van der Waals surface area contributed by atoms with Crippen LogP contribution in [0.15, 0.2) is 59.1 Å². The monoisotopic (exact) mass is 548 g/mol. The Morgan fingerprint density at radius 1 is 1.12 bits per heavy atom. The molecule has 1 heterocycles. The molecule has 0 saturated carbocycles. The van der Waals surface area contributed by atoms with E-state index in [4.69, 9.17) is 21.7 Å². The number of β-lactam (4-membered cyclic amide) rings is 1. The van der Waals surface area contributed by atoms with Gasteiger partial charge in [-0.25, -0.2) is 0 Å². The largest absolute Gasteiger partial charge is 0.484 e. The maximum absolute atomic E-state index is 12.9. The van der Waals surface area contributed by atoms with Crippen LogP contribution in [-0.4, -0.2) is 52.4 Å². The van der Waals surface area contributed by atoms with E-state index in [1.807, 2.05) is 0 Å². The van der Waals surface area contributed by atoms with Gasteiger partial charge in [-0.2, -0.15) is 0 Å². The van der Waals surface area contributed by atoms with E-state index in [-0.39, 0.29) is 13.2 Å². The van der Waals surface area contributed by atoms with Crippen molar-refractivity contribution >= 4 is 56.8 Å². The summed E-state index contributed by atoms with van der Waals surface area (Å²) in [7, 11) is 0. The number of halogens is 1. The van der Waals surface area contributed by atoms with Crippen molar-refractivity contribution in [1.82, 2.24) is 10.6 Å². The molecule has 0 aromatic heterocycles. The van der Waals surface area contributed by atoms with Crippen LogP contribution in [0.2, 0.25) is 0 Å². The van der Waals surface area contributed by atoms with Gasteiger partial charge in [0.1, 0.15) is 18.4 Å². The van der Waals surface area contributed by atoms with Gasteiger partial charge in [-0.3, -0.25) is 19.2 Å². The van der Waals surface area contributed by atoms with Gasteiger partial charge in [-0.1, -0.05) is 46.3 Å². The second kappa shape index (κ2) is 11.7. The van der Waals surface area contributed by atoms with Gasteiger partial charge in [-0.05, 0) is 42.0 Å². The van der Waals surface area contributed by atoms with Gasteiger partial charge in [0.15, 0.2) is 6.61 Å². The van der Waals surface area contributed by atoms with E-state index >= 15 is 0 Å². The van der Waals surface area contributed by atoms with Gasteiger partial charge in [0, 0.05) is 4.47 Å². The molecule has 2 aromatic rings.